The van der Waals surface area contributed by atoms with Gasteiger partial charge < -0.3 is 14.6 Å². The molecule has 23 heavy (non-hydrogen) atoms. The van der Waals surface area contributed by atoms with Crippen LogP contribution < -0.4 is 0 Å². The van der Waals surface area contributed by atoms with Crippen LogP contribution >= 0.6 is 0 Å². The number of amides is 1. The fourth-order valence-electron chi connectivity index (χ4n) is 4.35. The molecule has 2 fully saturated rings. The molecule has 5 heteroatoms. The van der Waals surface area contributed by atoms with Gasteiger partial charge in [-0.25, -0.2) is 0 Å². The molecule has 2 aliphatic rings. The van der Waals surface area contributed by atoms with Crippen LogP contribution in [0.3, 0.4) is 0 Å². The quantitative estimate of drug-likeness (QED) is 0.946. The molecule has 120 valence electrons. The van der Waals surface area contributed by atoms with E-state index in [-0.39, 0.29) is 18.4 Å². The Hall–Kier alpha value is -2.30. The third-order valence-corrected chi connectivity index (χ3v) is 5.64. The Labute approximate surface area is 134 Å². The zero-order valence-electron chi connectivity index (χ0n) is 12.9. The Morgan fingerprint density at radius 3 is 2.87 bits per heavy atom. The van der Waals surface area contributed by atoms with Gasteiger partial charge in [0.15, 0.2) is 0 Å². The van der Waals surface area contributed by atoms with Gasteiger partial charge >= 0.3 is 5.97 Å². The molecular formula is C18H20N2O3. The van der Waals surface area contributed by atoms with E-state index in [9.17, 15) is 14.7 Å². The lowest BCUT2D eigenvalue weighted by molar-refractivity contribution is -0.149. The van der Waals surface area contributed by atoms with Gasteiger partial charge in [-0.1, -0.05) is 24.6 Å². The van der Waals surface area contributed by atoms with Gasteiger partial charge in [0.25, 0.3) is 0 Å². The Bertz CT molecular complexity index is 781. The lowest BCUT2D eigenvalue weighted by Gasteiger charge is -2.23. The molecule has 4 rings (SSSR count). The van der Waals surface area contributed by atoms with Gasteiger partial charge in [0, 0.05) is 24.8 Å². The maximum Gasteiger partial charge on any atom is 0.311 e. The molecule has 1 saturated heterocycles. The molecule has 2 atom stereocenters. The number of hydrogen-bond acceptors (Lipinski definition) is 2. The first-order valence-corrected chi connectivity index (χ1v) is 8.15. The largest absolute Gasteiger partial charge is 0.481 e. The van der Waals surface area contributed by atoms with Crippen LogP contribution in [0.5, 0.6) is 0 Å². The van der Waals surface area contributed by atoms with Crippen molar-refractivity contribution in [2.45, 2.75) is 25.8 Å². The smallest absolute Gasteiger partial charge is 0.311 e. The van der Waals surface area contributed by atoms with E-state index in [1.165, 1.54) is 0 Å². The summed E-state index contributed by atoms with van der Waals surface area (Å²) < 4.78 is 1.94. The van der Waals surface area contributed by atoms with Crippen LogP contribution in [-0.2, 0) is 16.1 Å². The highest BCUT2D eigenvalue weighted by Crippen LogP contribution is 2.48. The number of fused-ring (bicyclic) bond motifs is 2. The van der Waals surface area contributed by atoms with Crippen molar-refractivity contribution >= 4 is 22.8 Å². The molecule has 1 aliphatic carbocycles. The van der Waals surface area contributed by atoms with Gasteiger partial charge in [0.05, 0.1) is 5.41 Å². The summed E-state index contributed by atoms with van der Waals surface area (Å²) in [5.74, 6) is -0.603. The van der Waals surface area contributed by atoms with Crippen LogP contribution in [0.4, 0.5) is 0 Å². The van der Waals surface area contributed by atoms with E-state index in [4.69, 9.17) is 0 Å². The number of rotatable bonds is 3. The predicted octanol–water partition coefficient (Wildman–Crippen LogP) is 2.35. The molecule has 1 aromatic carbocycles. The molecule has 1 amide bonds. The topological polar surface area (TPSA) is 62.5 Å². The molecule has 1 aromatic heterocycles. The van der Waals surface area contributed by atoms with Crippen LogP contribution in [0.25, 0.3) is 10.9 Å². The van der Waals surface area contributed by atoms with E-state index in [1.807, 2.05) is 41.1 Å². The molecule has 1 saturated carbocycles. The van der Waals surface area contributed by atoms with E-state index in [1.54, 1.807) is 4.90 Å². The minimum absolute atomic E-state index is 0.0152. The summed E-state index contributed by atoms with van der Waals surface area (Å²) in [5, 5.41) is 10.7. The molecule has 0 spiro atoms. The van der Waals surface area contributed by atoms with Crippen LogP contribution in [0.15, 0.2) is 36.5 Å². The summed E-state index contributed by atoms with van der Waals surface area (Å²) in [6, 6.07) is 9.96. The number of carbonyl (C=O) groups is 2. The number of benzene rings is 1. The average Bonchev–Trinajstić information content (AvgIpc) is 3.19. The van der Waals surface area contributed by atoms with Gasteiger partial charge in [-0.15, -0.1) is 0 Å². The first-order chi connectivity index (χ1) is 11.1. The van der Waals surface area contributed by atoms with Gasteiger partial charge in [-0.05, 0) is 36.3 Å². The molecule has 2 heterocycles. The number of likely N-dealkylation sites (tertiary alicyclic amines) is 1. The number of carboxylic acid groups (broad SMARTS) is 1. The maximum atomic E-state index is 12.7. The number of aromatic nitrogens is 1. The molecule has 0 unspecified atom stereocenters. The van der Waals surface area contributed by atoms with Crippen LogP contribution in [0.1, 0.15) is 19.3 Å². The molecule has 1 aliphatic heterocycles. The van der Waals surface area contributed by atoms with Crippen molar-refractivity contribution < 1.29 is 14.7 Å². The second kappa shape index (κ2) is 5.11. The summed E-state index contributed by atoms with van der Waals surface area (Å²) in [6.45, 7) is 1.23. The van der Waals surface area contributed by atoms with Crippen molar-refractivity contribution in [3.8, 4) is 0 Å². The van der Waals surface area contributed by atoms with Gasteiger partial charge in [0.2, 0.25) is 5.91 Å². The fourth-order valence-corrected chi connectivity index (χ4v) is 4.35. The lowest BCUT2D eigenvalue weighted by Crippen LogP contribution is -2.38. The summed E-state index contributed by atoms with van der Waals surface area (Å²) in [5.41, 5.74) is 0.335. The first-order valence-electron chi connectivity index (χ1n) is 8.15. The minimum Gasteiger partial charge on any atom is -0.481 e. The average molecular weight is 312 g/mol. The van der Waals surface area contributed by atoms with Gasteiger partial charge in [0.1, 0.15) is 6.54 Å². The third kappa shape index (κ3) is 2.14. The van der Waals surface area contributed by atoms with Crippen molar-refractivity contribution in [3.05, 3.63) is 36.5 Å². The van der Waals surface area contributed by atoms with Crippen LogP contribution in [-0.4, -0.2) is 39.5 Å². The van der Waals surface area contributed by atoms with E-state index < -0.39 is 11.4 Å². The van der Waals surface area contributed by atoms with Crippen LogP contribution in [0.2, 0.25) is 0 Å². The van der Waals surface area contributed by atoms with Crippen molar-refractivity contribution in [2.75, 3.05) is 13.1 Å². The molecule has 5 nitrogen and oxygen atoms in total. The number of nitrogens with zero attached hydrogens (tertiary/aromatic N) is 2. The summed E-state index contributed by atoms with van der Waals surface area (Å²) >= 11 is 0. The van der Waals surface area contributed by atoms with Crippen molar-refractivity contribution in [1.82, 2.24) is 9.47 Å². The van der Waals surface area contributed by atoms with E-state index in [2.05, 4.69) is 0 Å². The molecular weight excluding hydrogens is 292 g/mol. The van der Waals surface area contributed by atoms with Gasteiger partial charge in [-0.2, -0.15) is 0 Å². The lowest BCUT2D eigenvalue weighted by atomic mass is 9.81. The van der Waals surface area contributed by atoms with E-state index in [0.717, 1.165) is 23.7 Å². The second-order valence-electron chi connectivity index (χ2n) is 6.83. The number of carbonyl (C=O) groups excluding carboxylic acids is 1. The fraction of sp³-hybridized carbons (Fsp3) is 0.444. The number of para-hydroxylation sites is 1. The Morgan fingerprint density at radius 1 is 1.26 bits per heavy atom. The summed E-state index contributed by atoms with van der Waals surface area (Å²) in [6.07, 6.45) is 4.50. The number of aliphatic carboxylic acids is 1. The normalized spacial score (nSPS) is 26.6. The van der Waals surface area contributed by atoms with E-state index >= 15 is 0 Å². The molecule has 2 aromatic rings. The third-order valence-electron chi connectivity index (χ3n) is 5.64. The highest BCUT2D eigenvalue weighted by Gasteiger charge is 2.55. The molecule has 0 radical (unpaired) electrons. The monoisotopic (exact) mass is 312 g/mol. The highest BCUT2D eigenvalue weighted by atomic mass is 16.4. The first kappa shape index (κ1) is 14.3. The molecule has 1 N–H and O–H groups in total. The standard InChI is InChI=1S/C18H20N2O3/c21-16(11-19-9-7-13-4-1-2-6-15(13)19)20-10-14-5-3-8-18(14,12-20)17(22)23/h1-2,4,6-7,9,14H,3,5,8,10-12H2,(H,22,23)/t14-,18+/m0/s1. The molecule has 0 bridgehead atoms. The maximum absolute atomic E-state index is 12.7. The predicted molar refractivity (Wildman–Crippen MR) is 85.9 cm³/mol. The Morgan fingerprint density at radius 2 is 2.09 bits per heavy atom. The zero-order chi connectivity index (χ0) is 16.0. The van der Waals surface area contributed by atoms with Crippen molar-refractivity contribution in [1.29, 1.82) is 0 Å². The van der Waals surface area contributed by atoms with Gasteiger partial charge in [-0.3, -0.25) is 9.59 Å². The zero-order valence-corrected chi connectivity index (χ0v) is 12.9. The van der Waals surface area contributed by atoms with Crippen LogP contribution in [0, 0.1) is 11.3 Å². The van der Waals surface area contributed by atoms with Crippen molar-refractivity contribution in [2.24, 2.45) is 11.3 Å². The van der Waals surface area contributed by atoms with Crippen molar-refractivity contribution in [3.63, 3.8) is 0 Å². The summed E-state index contributed by atoms with van der Waals surface area (Å²) in [7, 11) is 0. The Kier molecular flexibility index (Phi) is 3.18. The second-order valence-corrected chi connectivity index (χ2v) is 6.83. The number of hydrogen-bond donors (Lipinski definition) is 1. The highest BCUT2D eigenvalue weighted by molar-refractivity contribution is 5.84. The SMILES string of the molecule is O=C(Cn1ccc2ccccc21)N1C[C@@H]2CCC[C@@]2(C(=O)O)C1. The summed E-state index contributed by atoms with van der Waals surface area (Å²) in [4.78, 5) is 26.1. The van der Waals surface area contributed by atoms with E-state index in [0.29, 0.717) is 19.5 Å². The Balaban J connectivity index is 1.53. The minimum atomic E-state index is -0.735. The number of carboxylic acids is 1.